The SMILES string of the molecule is O=C(NCc1ccccc1-n1cccn1)C1CC1. The summed E-state index contributed by atoms with van der Waals surface area (Å²) in [6.45, 7) is 0.561. The van der Waals surface area contributed by atoms with Crippen LogP contribution in [0, 0.1) is 5.92 Å². The third kappa shape index (κ3) is 2.27. The van der Waals surface area contributed by atoms with Crippen molar-refractivity contribution >= 4 is 5.91 Å². The molecule has 1 amide bonds. The zero-order valence-electron chi connectivity index (χ0n) is 10.0. The number of nitrogens with one attached hydrogen (secondary N) is 1. The molecular formula is C14H15N3O. The second-order valence-corrected chi connectivity index (χ2v) is 4.57. The van der Waals surface area contributed by atoms with Gasteiger partial charge in [0, 0.05) is 24.9 Å². The highest BCUT2D eigenvalue weighted by atomic mass is 16.2. The van der Waals surface area contributed by atoms with Crippen LogP contribution in [0.25, 0.3) is 5.69 Å². The van der Waals surface area contributed by atoms with Crippen LogP contribution in [0.5, 0.6) is 0 Å². The summed E-state index contributed by atoms with van der Waals surface area (Å²) in [7, 11) is 0. The Hall–Kier alpha value is -2.10. The van der Waals surface area contributed by atoms with Crippen LogP contribution < -0.4 is 5.32 Å². The zero-order valence-corrected chi connectivity index (χ0v) is 10.0. The van der Waals surface area contributed by atoms with Crippen LogP contribution in [-0.4, -0.2) is 15.7 Å². The van der Waals surface area contributed by atoms with Crippen molar-refractivity contribution in [3.8, 4) is 5.69 Å². The smallest absolute Gasteiger partial charge is 0.223 e. The monoisotopic (exact) mass is 241 g/mol. The Morgan fingerprint density at radius 3 is 2.89 bits per heavy atom. The molecule has 1 aliphatic rings. The van der Waals surface area contributed by atoms with Gasteiger partial charge in [-0.05, 0) is 30.5 Å². The number of carbonyl (C=O) groups is 1. The van der Waals surface area contributed by atoms with E-state index in [4.69, 9.17) is 0 Å². The molecule has 0 aliphatic heterocycles. The summed E-state index contributed by atoms with van der Waals surface area (Å²) in [5.41, 5.74) is 2.09. The van der Waals surface area contributed by atoms with Crippen molar-refractivity contribution in [3.63, 3.8) is 0 Å². The lowest BCUT2D eigenvalue weighted by Crippen LogP contribution is -2.24. The molecule has 2 aromatic rings. The first kappa shape index (κ1) is 11.0. The maximum absolute atomic E-state index is 11.6. The number of benzene rings is 1. The van der Waals surface area contributed by atoms with Crippen LogP contribution in [-0.2, 0) is 11.3 Å². The highest BCUT2D eigenvalue weighted by Crippen LogP contribution is 2.28. The number of carbonyl (C=O) groups excluding carboxylic acids is 1. The lowest BCUT2D eigenvalue weighted by atomic mass is 10.1. The number of hydrogen-bond acceptors (Lipinski definition) is 2. The van der Waals surface area contributed by atoms with E-state index in [0.29, 0.717) is 6.54 Å². The second kappa shape index (κ2) is 4.64. The van der Waals surface area contributed by atoms with Gasteiger partial charge < -0.3 is 5.32 Å². The van der Waals surface area contributed by atoms with E-state index in [-0.39, 0.29) is 11.8 Å². The molecule has 0 spiro atoms. The van der Waals surface area contributed by atoms with Gasteiger partial charge in [-0.25, -0.2) is 4.68 Å². The van der Waals surface area contributed by atoms with Gasteiger partial charge in [0.2, 0.25) is 5.91 Å². The summed E-state index contributed by atoms with van der Waals surface area (Å²) in [6, 6.07) is 9.87. The van der Waals surface area contributed by atoms with Gasteiger partial charge in [-0.15, -0.1) is 0 Å². The Kier molecular flexibility index (Phi) is 2.84. The molecule has 3 rings (SSSR count). The van der Waals surface area contributed by atoms with Crippen molar-refractivity contribution in [1.29, 1.82) is 0 Å². The highest BCUT2D eigenvalue weighted by Gasteiger charge is 2.29. The van der Waals surface area contributed by atoms with Crippen LogP contribution in [0.15, 0.2) is 42.7 Å². The van der Waals surface area contributed by atoms with E-state index in [1.165, 1.54) is 0 Å². The van der Waals surface area contributed by atoms with Gasteiger partial charge in [-0.1, -0.05) is 18.2 Å². The van der Waals surface area contributed by atoms with Crippen LogP contribution in [0.4, 0.5) is 0 Å². The van der Waals surface area contributed by atoms with E-state index in [9.17, 15) is 4.79 Å². The summed E-state index contributed by atoms with van der Waals surface area (Å²) in [6.07, 6.45) is 5.72. The molecule has 4 nitrogen and oxygen atoms in total. The van der Waals surface area contributed by atoms with E-state index in [0.717, 1.165) is 24.1 Å². The first-order valence-electron chi connectivity index (χ1n) is 6.20. The number of amides is 1. The van der Waals surface area contributed by atoms with Gasteiger partial charge in [0.15, 0.2) is 0 Å². The lowest BCUT2D eigenvalue weighted by molar-refractivity contribution is -0.122. The van der Waals surface area contributed by atoms with Crippen LogP contribution in [0.2, 0.25) is 0 Å². The number of hydrogen-bond donors (Lipinski definition) is 1. The average Bonchev–Trinajstić information content (AvgIpc) is 3.12. The van der Waals surface area contributed by atoms with Crippen LogP contribution in [0.1, 0.15) is 18.4 Å². The van der Waals surface area contributed by atoms with Gasteiger partial charge in [0.1, 0.15) is 0 Å². The Bertz CT molecular complexity index is 544. The Morgan fingerprint density at radius 1 is 1.33 bits per heavy atom. The van der Waals surface area contributed by atoms with Crippen molar-refractivity contribution in [3.05, 3.63) is 48.3 Å². The predicted octanol–water partition coefficient (Wildman–Crippen LogP) is 1.90. The van der Waals surface area contributed by atoms with Gasteiger partial charge in [0.25, 0.3) is 0 Å². The standard InChI is InChI=1S/C14H15N3O/c18-14(11-6-7-11)15-10-12-4-1-2-5-13(12)17-9-3-8-16-17/h1-5,8-9,11H,6-7,10H2,(H,15,18). The van der Waals surface area contributed by atoms with Crippen molar-refractivity contribution < 1.29 is 4.79 Å². The molecule has 4 heteroatoms. The molecule has 92 valence electrons. The van der Waals surface area contributed by atoms with Crippen molar-refractivity contribution in [2.24, 2.45) is 5.92 Å². The maximum Gasteiger partial charge on any atom is 0.223 e. The first-order chi connectivity index (χ1) is 8.84. The highest BCUT2D eigenvalue weighted by molar-refractivity contribution is 5.80. The van der Waals surface area contributed by atoms with Crippen molar-refractivity contribution in [2.45, 2.75) is 19.4 Å². The molecule has 0 saturated heterocycles. The average molecular weight is 241 g/mol. The van der Waals surface area contributed by atoms with Gasteiger partial charge in [0.05, 0.1) is 5.69 Å². The second-order valence-electron chi connectivity index (χ2n) is 4.57. The summed E-state index contributed by atoms with van der Waals surface area (Å²) in [4.78, 5) is 11.6. The molecule has 18 heavy (non-hydrogen) atoms. The van der Waals surface area contributed by atoms with E-state index in [2.05, 4.69) is 10.4 Å². The predicted molar refractivity (Wildman–Crippen MR) is 68.1 cm³/mol. The van der Waals surface area contributed by atoms with Gasteiger partial charge in [-0.3, -0.25) is 4.79 Å². The summed E-state index contributed by atoms with van der Waals surface area (Å²) < 4.78 is 1.82. The molecule has 1 saturated carbocycles. The number of rotatable bonds is 4. The molecule has 1 heterocycles. The van der Waals surface area contributed by atoms with Crippen LogP contribution in [0.3, 0.4) is 0 Å². The third-order valence-electron chi connectivity index (χ3n) is 3.14. The first-order valence-corrected chi connectivity index (χ1v) is 6.20. The fourth-order valence-corrected chi connectivity index (χ4v) is 1.97. The minimum atomic E-state index is 0.172. The van der Waals surface area contributed by atoms with Crippen LogP contribution >= 0.6 is 0 Å². The zero-order chi connectivity index (χ0) is 12.4. The molecular weight excluding hydrogens is 226 g/mol. The van der Waals surface area contributed by atoms with E-state index >= 15 is 0 Å². The van der Waals surface area contributed by atoms with Crippen molar-refractivity contribution in [1.82, 2.24) is 15.1 Å². The molecule has 0 radical (unpaired) electrons. The lowest BCUT2D eigenvalue weighted by Gasteiger charge is -2.10. The van der Waals surface area contributed by atoms with E-state index in [1.54, 1.807) is 6.20 Å². The molecule has 0 atom stereocenters. The summed E-state index contributed by atoms with van der Waals surface area (Å²) in [5.74, 6) is 0.423. The number of para-hydroxylation sites is 1. The van der Waals surface area contributed by atoms with Gasteiger partial charge >= 0.3 is 0 Å². The van der Waals surface area contributed by atoms with Gasteiger partial charge in [-0.2, -0.15) is 5.10 Å². The van der Waals surface area contributed by atoms with E-state index < -0.39 is 0 Å². The topological polar surface area (TPSA) is 46.9 Å². The molecule has 1 aromatic heterocycles. The molecule has 1 N–H and O–H groups in total. The fourth-order valence-electron chi connectivity index (χ4n) is 1.97. The Labute approximate surface area is 106 Å². The van der Waals surface area contributed by atoms with E-state index in [1.807, 2.05) is 41.2 Å². The number of nitrogens with zero attached hydrogens (tertiary/aromatic N) is 2. The Morgan fingerprint density at radius 2 is 2.17 bits per heavy atom. The summed E-state index contributed by atoms with van der Waals surface area (Å²) in [5, 5.41) is 7.21. The molecule has 1 aliphatic carbocycles. The normalized spacial score (nSPS) is 14.4. The third-order valence-corrected chi connectivity index (χ3v) is 3.14. The molecule has 0 bridgehead atoms. The largest absolute Gasteiger partial charge is 0.352 e. The summed E-state index contributed by atoms with van der Waals surface area (Å²) >= 11 is 0. The number of aromatic nitrogens is 2. The quantitative estimate of drug-likeness (QED) is 0.888. The molecule has 1 aromatic carbocycles. The minimum absolute atomic E-state index is 0.172. The van der Waals surface area contributed by atoms with Crippen molar-refractivity contribution in [2.75, 3.05) is 0 Å². The maximum atomic E-state index is 11.6. The Balaban J connectivity index is 1.76. The molecule has 1 fully saturated rings. The minimum Gasteiger partial charge on any atom is -0.352 e. The fraction of sp³-hybridized carbons (Fsp3) is 0.286. The molecule has 0 unspecified atom stereocenters.